The summed E-state index contributed by atoms with van der Waals surface area (Å²) in [7, 11) is 0. The lowest BCUT2D eigenvalue weighted by Crippen LogP contribution is -2.28. The fourth-order valence-corrected chi connectivity index (χ4v) is 2.33. The van der Waals surface area contributed by atoms with Crippen LogP contribution in [0, 0.1) is 10.1 Å². The Morgan fingerprint density at radius 3 is 2.67 bits per heavy atom. The number of benzene rings is 1. The summed E-state index contributed by atoms with van der Waals surface area (Å²) in [6.07, 6.45) is 0.942. The molecule has 0 unspecified atom stereocenters. The molecule has 0 aliphatic carbocycles. The van der Waals surface area contributed by atoms with Crippen LogP contribution in [-0.4, -0.2) is 31.1 Å². The highest BCUT2D eigenvalue weighted by molar-refractivity contribution is 6.42. The lowest BCUT2D eigenvalue weighted by molar-refractivity contribution is -0.384. The normalized spacial score (nSPS) is 16.4. The molecule has 1 aromatic carbocycles. The number of hydrogen-bond donors (Lipinski definition) is 1. The summed E-state index contributed by atoms with van der Waals surface area (Å²) in [4.78, 5) is 12.6. The lowest BCUT2D eigenvalue weighted by atomic mass is 10.2. The van der Waals surface area contributed by atoms with Crippen LogP contribution in [-0.2, 0) is 0 Å². The molecule has 18 heavy (non-hydrogen) atoms. The molecule has 0 saturated carbocycles. The lowest BCUT2D eigenvalue weighted by Gasteiger charge is -2.22. The van der Waals surface area contributed by atoms with Crippen molar-refractivity contribution in [2.45, 2.75) is 6.42 Å². The molecule has 0 atom stereocenters. The molecule has 0 radical (unpaired) electrons. The van der Waals surface area contributed by atoms with Gasteiger partial charge < -0.3 is 10.2 Å². The van der Waals surface area contributed by atoms with Gasteiger partial charge in [0, 0.05) is 25.7 Å². The first-order valence-corrected chi connectivity index (χ1v) is 6.44. The van der Waals surface area contributed by atoms with Gasteiger partial charge in [-0.2, -0.15) is 0 Å². The van der Waals surface area contributed by atoms with Crippen molar-refractivity contribution in [3.63, 3.8) is 0 Å². The first-order chi connectivity index (χ1) is 8.59. The second kappa shape index (κ2) is 5.73. The fourth-order valence-electron chi connectivity index (χ4n) is 2.01. The molecule has 1 aliphatic rings. The minimum absolute atomic E-state index is 0.00583. The molecule has 7 heteroatoms. The van der Waals surface area contributed by atoms with Crippen molar-refractivity contribution in [3.05, 3.63) is 32.3 Å². The number of rotatable bonds is 2. The summed E-state index contributed by atoms with van der Waals surface area (Å²) in [5, 5.41) is 14.9. The van der Waals surface area contributed by atoms with Crippen molar-refractivity contribution >= 4 is 34.6 Å². The van der Waals surface area contributed by atoms with Gasteiger partial charge in [0.25, 0.3) is 5.69 Å². The molecule has 0 bridgehead atoms. The molecule has 1 N–H and O–H groups in total. The number of halogens is 2. The highest BCUT2D eigenvalue weighted by Gasteiger charge is 2.22. The van der Waals surface area contributed by atoms with Crippen molar-refractivity contribution in [3.8, 4) is 0 Å². The molecule has 1 fully saturated rings. The number of nitrogens with one attached hydrogen (secondary N) is 1. The first kappa shape index (κ1) is 13.4. The van der Waals surface area contributed by atoms with E-state index in [-0.39, 0.29) is 10.7 Å². The highest BCUT2D eigenvalue weighted by Crippen LogP contribution is 2.36. The van der Waals surface area contributed by atoms with Crippen molar-refractivity contribution in [1.82, 2.24) is 5.32 Å². The Kier molecular flexibility index (Phi) is 4.27. The van der Waals surface area contributed by atoms with Crippen molar-refractivity contribution in [1.29, 1.82) is 0 Å². The van der Waals surface area contributed by atoms with Gasteiger partial charge >= 0.3 is 0 Å². The number of nitro groups is 1. The number of anilines is 1. The van der Waals surface area contributed by atoms with Gasteiger partial charge in [0.15, 0.2) is 0 Å². The molecular formula is C11H13Cl2N3O2. The Bertz CT molecular complexity index is 460. The maximum absolute atomic E-state index is 11.1. The largest absolute Gasteiger partial charge is 0.365 e. The predicted octanol–water partition coefficient (Wildman–Crippen LogP) is 2.70. The molecule has 0 spiro atoms. The molecule has 1 heterocycles. The third-order valence-electron chi connectivity index (χ3n) is 2.89. The topological polar surface area (TPSA) is 58.4 Å². The van der Waals surface area contributed by atoms with Gasteiger partial charge in [0.05, 0.1) is 15.0 Å². The van der Waals surface area contributed by atoms with Crippen LogP contribution in [0.1, 0.15) is 6.42 Å². The third kappa shape index (κ3) is 2.85. The molecular weight excluding hydrogens is 277 g/mol. The van der Waals surface area contributed by atoms with Crippen LogP contribution in [0.15, 0.2) is 12.1 Å². The van der Waals surface area contributed by atoms with Crippen molar-refractivity contribution in [2.24, 2.45) is 0 Å². The van der Waals surface area contributed by atoms with E-state index >= 15 is 0 Å². The summed E-state index contributed by atoms with van der Waals surface area (Å²) in [6.45, 7) is 3.22. The quantitative estimate of drug-likeness (QED) is 0.672. The van der Waals surface area contributed by atoms with Crippen LogP contribution < -0.4 is 10.2 Å². The van der Waals surface area contributed by atoms with Crippen LogP contribution in [0.5, 0.6) is 0 Å². The Hall–Kier alpha value is -1.04. The molecule has 1 aliphatic heterocycles. The summed E-state index contributed by atoms with van der Waals surface area (Å²) in [6, 6.07) is 2.89. The van der Waals surface area contributed by atoms with Gasteiger partial charge in [-0.1, -0.05) is 23.2 Å². The van der Waals surface area contributed by atoms with Gasteiger partial charge in [-0.05, 0) is 19.0 Å². The Labute approximate surface area is 115 Å². The summed E-state index contributed by atoms with van der Waals surface area (Å²) >= 11 is 11.8. The van der Waals surface area contributed by atoms with E-state index < -0.39 is 4.92 Å². The number of hydrogen-bond acceptors (Lipinski definition) is 4. The number of nitro benzene ring substituents is 1. The second-order valence-corrected chi connectivity index (χ2v) is 4.92. The summed E-state index contributed by atoms with van der Waals surface area (Å²) in [5.74, 6) is 0. The monoisotopic (exact) mass is 289 g/mol. The van der Waals surface area contributed by atoms with Gasteiger partial charge in [0.1, 0.15) is 5.69 Å². The maximum atomic E-state index is 11.1. The standard InChI is InChI=1S/C11H13Cl2N3O2/c12-8-6-10(11(16(17)18)7-9(8)13)15-4-1-2-14-3-5-15/h6-7,14H,1-5H2. The van der Waals surface area contributed by atoms with E-state index in [0.717, 1.165) is 32.6 Å². The predicted molar refractivity (Wildman–Crippen MR) is 72.8 cm³/mol. The number of nitrogens with zero attached hydrogens (tertiary/aromatic N) is 2. The zero-order valence-electron chi connectivity index (χ0n) is 9.66. The average molecular weight is 290 g/mol. The summed E-state index contributed by atoms with van der Waals surface area (Å²) < 4.78 is 0. The first-order valence-electron chi connectivity index (χ1n) is 5.68. The zero-order chi connectivity index (χ0) is 13.1. The molecule has 5 nitrogen and oxygen atoms in total. The second-order valence-electron chi connectivity index (χ2n) is 4.10. The van der Waals surface area contributed by atoms with Crippen molar-refractivity contribution < 1.29 is 4.92 Å². The van der Waals surface area contributed by atoms with Crippen LogP contribution in [0.25, 0.3) is 0 Å². The molecule has 98 valence electrons. The maximum Gasteiger partial charge on any atom is 0.294 e. The fraction of sp³-hybridized carbons (Fsp3) is 0.455. The molecule has 0 aromatic heterocycles. The average Bonchev–Trinajstić information content (AvgIpc) is 2.60. The van der Waals surface area contributed by atoms with Gasteiger partial charge in [0.2, 0.25) is 0 Å². The Morgan fingerprint density at radius 1 is 1.22 bits per heavy atom. The van der Waals surface area contributed by atoms with Crippen LogP contribution >= 0.6 is 23.2 Å². The van der Waals surface area contributed by atoms with Gasteiger partial charge in [-0.15, -0.1) is 0 Å². The van der Waals surface area contributed by atoms with Gasteiger partial charge in [-0.3, -0.25) is 10.1 Å². The van der Waals surface area contributed by atoms with Crippen LogP contribution in [0.4, 0.5) is 11.4 Å². The minimum atomic E-state index is -0.421. The molecule has 2 rings (SSSR count). The van der Waals surface area contributed by atoms with E-state index in [9.17, 15) is 10.1 Å². The summed E-state index contributed by atoms with van der Waals surface area (Å²) in [5.41, 5.74) is 0.546. The van der Waals surface area contributed by atoms with E-state index in [0.29, 0.717) is 10.7 Å². The SMILES string of the molecule is O=[N+]([O-])c1cc(Cl)c(Cl)cc1N1CCCNCC1. The Balaban J connectivity index is 2.40. The van der Waals surface area contributed by atoms with E-state index in [4.69, 9.17) is 23.2 Å². The smallest absolute Gasteiger partial charge is 0.294 e. The highest BCUT2D eigenvalue weighted by atomic mass is 35.5. The molecule has 0 amide bonds. The molecule has 1 aromatic rings. The molecule has 1 saturated heterocycles. The van der Waals surface area contributed by atoms with Gasteiger partial charge in [-0.25, -0.2) is 0 Å². The van der Waals surface area contributed by atoms with E-state index in [1.54, 1.807) is 6.07 Å². The van der Waals surface area contributed by atoms with Crippen LogP contribution in [0.2, 0.25) is 10.0 Å². The van der Waals surface area contributed by atoms with E-state index in [2.05, 4.69) is 5.32 Å². The van der Waals surface area contributed by atoms with E-state index in [1.807, 2.05) is 4.90 Å². The third-order valence-corrected chi connectivity index (χ3v) is 3.62. The van der Waals surface area contributed by atoms with E-state index in [1.165, 1.54) is 6.07 Å². The van der Waals surface area contributed by atoms with Crippen molar-refractivity contribution in [2.75, 3.05) is 31.1 Å². The minimum Gasteiger partial charge on any atom is -0.365 e. The van der Waals surface area contributed by atoms with Crippen LogP contribution in [0.3, 0.4) is 0 Å². The Morgan fingerprint density at radius 2 is 1.94 bits per heavy atom. The zero-order valence-corrected chi connectivity index (χ0v) is 11.2.